The molecule has 0 aliphatic heterocycles. The molecular weight excluding hydrogens is 232 g/mol. The molecule has 0 unspecified atom stereocenters. The number of rotatable bonds is 9. The molecule has 0 saturated carbocycles. The van der Waals surface area contributed by atoms with Crippen LogP contribution in [0.25, 0.3) is 0 Å². The van der Waals surface area contributed by atoms with Crippen molar-refractivity contribution >= 4 is 0 Å². The fourth-order valence-electron chi connectivity index (χ4n) is 1.77. The molecule has 0 spiro atoms. The van der Waals surface area contributed by atoms with Crippen LogP contribution >= 0.6 is 0 Å². The Hall–Kier alpha value is -0.910. The first-order valence-electron chi connectivity index (χ1n) is 6.54. The Labute approximate surface area is 109 Å². The molecule has 0 fully saturated rings. The summed E-state index contributed by atoms with van der Waals surface area (Å²) >= 11 is 0. The first kappa shape index (κ1) is 15.1. The number of aryl methyl sites for hydroxylation is 2. The number of aromatic nitrogens is 1. The topological polar surface area (TPSA) is 56.5 Å². The van der Waals surface area contributed by atoms with Crippen LogP contribution < -0.4 is 5.32 Å². The second-order valence-electron chi connectivity index (χ2n) is 4.11. The molecule has 1 N–H and O–H groups in total. The van der Waals surface area contributed by atoms with Gasteiger partial charge in [0.2, 0.25) is 0 Å². The van der Waals surface area contributed by atoms with E-state index in [9.17, 15) is 0 Å². The Morgan fingerprint density at radius 3 is 2.39 bits per heavy atom. The van der Waals surface area contributed by atoms with Gasteiger partial charge in [-0.1, -0.05) is 5.16 Å². The van der Waals surface area contributed by atoms with E-state index >= 15 is 0 Å². The second kappa shape index (κ2) is 8.24. The number of ether oxygens (including phenoxy) is 2. The maximum absolute atomic E-state index is 5.47. The number of nitrogens with zero attached hydrogens (tertiary/aromatic N) is 1. The van der Waals surface area contributed by atoms with Crippen molar-refractivity contribution in [1.29, 1.82) is 0 Å². The van der Waals surface area contributed by atoms with Gasteiger partial charge < -0.3 is 19.3 Å². The maximum Gasteiger partial charge on any atom is 0.158 e. The fraction of sp³-hybridized carbons (Fsp3) is 0.769. The smallest absolute Gasteiger partial charge is 0.158 e. The molecule has 0 aliphatic rings. The maximum atomic E-state index is 5.47. The van der Waals surface area contributed by atoms with Gasteiger partial charge in [-0.15, -0.1) is 0 Å². The number of hydrogen-bond acceptors (Lipinski definition) is 5. The van der Waals surface area contributed by atoms with Crippen LogP contribution in [0.3, 0.4) is 0 Å². The molecule has 104 valence electrons. The van der Waals surface area contributed by atoms with Crippen molar-refractivity contribution in [2.75, 3.05) is 19.8 Å². The van der Waals surface area contributed by atoms with Gasteiger partial charge in [0.05, 0.1) is 5.69 Å². The molecule has 0 saturated heterocycles. The summed E-state index contributed by atoms with van der Waals surface area (Å²) in [5.74, 6) is 0.881. The van der Waals surface area contributed by atoms with Gasteiger partial charge in [0, 0.05) is 38.3 Å². The predicted octanol–water partition coefficient (Wildman–Crippen LogP) is 2.17. The van der Waals surface area contributed by atoms with Gasteiger partial charge in [-0.3, -0.25) is 0 Å². The lowest BCUT2D eigenvalue weighted by Gasteiger charge is -2.16. The molecule has 5 nitrogen and oxygen atoms in total. The fourth-order valence-corrected chi connectivity index (χ4v) is 1.77. The molecule has 1 heterocycles. The summed E-state index contributed by atoms with van der Waals surface area (Å²) in [6.45, 7) is 10.8. The molecule has 0 aliphatic carbocycles. The van der Waals surface area contributed by atoms with Crippen molar-refractivity contribution in [2.24, 2.45) is 0 Å². The molecule has 0 bridgehead atoms. The van der Waals surface area contributed by atoms with E-state index in [1.54, 1.807) is 0 Å². The third-order valence-corrected chi connectivity index (χ3v) is 2.74. The number of nitrogens with one attached hydrogen (secondary N) is 1. The zero-order chi connectivity index (χ0) is 13.4. The molecule has 5 heteroatoms. The minimum absolute atomic E-state index is 0.114. The van der Waals surface area contributed by atoms with E-state index < -0.39 is 0 Å². The van der Waals surface area contributed by atoms with Crippen LogP contribution in [0.2, 0.25) is 0 Å². The Balaban J connectivity index is 2.25. The van der Waals surface area contributed by atoms with Crippen LogP contribution in [0.15, 0.2) is 4.52 Å². The normalized spacial score (nSPS) is 11.4. The van der Waals surface area contributed by atoms with Crippen LogP contribution in [-0.2, 0) is 16.0 Å². The minimum atomic E-state index is -0.114. The van der Waals surface area contributed by atoms with Crippen molar-refractivity contribution in [1.82, 2.24) is 10.5 Å². The standard InChI is InChI=1S/C13H24N2O3/c1-5-16-13(17-6-2)7-8-14-9-12-10(3)15-18-11(12)4/h13-14H,5-9H2,1-4H3. The summed E-state index contributed by atoms with van der Waals surface area (Å²) < 4.78 is 16.1. The molecule has 0 amide bonds. The molecule has 0 aromatic carbocycles. The van der Waals surface area contributed by atoms with Gasteiger partial charge in [-0.2, -0.15) is 0 Å². The average molecular weight is 256 g/mol. The van der Waals surface area contributed by atoms with Crippen LogP contribution in [0, 0.1) is 13.8 Å². The Bertz CT molecular complexity index is 313. The lowest BCUT2D eigenvalue weighted by molar-refractivity contribution is -0.138. The van der Waals surface area contributed by atoms with Gasteiger partial charge in [-0.05, 0) is 27.7 Å². The minimum Gasteiger partial charge on any atom is -0.361 e. The predicted molar refractivity (Wildman–Crippen MR) is 69.3 cm³/mol. The van der Waals surface area contributed by atoms with Crippen molar-refractivity contribution in [3.8, 4) is 0 Å². The molecular formula is C13H24N2O3. The Morgan fingerprint density at radius 2 is 1.89 bits per heavy atom. The van der Waals surface area contributed by atoms with E-state index in [-0.39, 0.29) is 6.29 Å². The van der Waals surface area contributed by atoms with Crippen LogP contribution in [-0.4, -0.2) is 31.2 Å². The molecule has 0 atom stereocenters. The lowest BCUT2D eigenvalue weighted by Crippen LogP contribution is -2.24. The van der Waals surface area contributed by atoms with Gasteiger partial charge in [0.25, 0.3) is 0 Å². The summed E-state index contributed by atoms with van der Waals surface area (Å²) in [6.07, 6.45) is 0.725. The van der Waals surface area contributed by atoms with Gasteiger partial charge in [0.15, 0.2) is 6.29 Å². The first-order valence-corrected chi connectivity index (χ1v) is 6.54. The van der Waals surface area contributed by atoms with E-state index in [1.807, 2.05) is 27.7 Å². The quantitative estimate of drug-likeness (QED) is 0.542. The summed E-state index contributed by atoms with van der Waals surface area (Å²) in [5.41, 5.74) is 2.09. The van der Waals surface area contributed by atoms with Crippen molar-refractivity contribution in [3.05, 3.63) is 17.0 Å². The van der Waals surface area contributed by atoms with E-state index in [4.69, 9.17) is 14.0 Å². The Morgan fingerprint density at radius 1 is 1.22 bits per heavy atom. The molecule has 1 aromatic rings. The van der Waals surface area contributed by atoms with Crippen molar-refractivity contribution in [2.45, 2.75) is 47.0 Å². The van der Waals surface area contributed by atoms with Crippen LogP contribution in [0.4, 0.5) is 0 Å². The van der Waals surface area contributed by atoms with Crippen molar-refractivity contribution in [3.63, 3.8) is 0 Å². The summed E-state index contributed by atoms with van der Waals surface area (Å²) in [6, 6.07) is 0. The van der Waals surface area contributed by atoms with E-state index in [1.165, 1.54) is 0 Å². The van der Waals surface area contributed by atoms with E-state index in [2.05, 4.69) is 10.5 Å². The van der Waals surface area contributed by atoms with E-state index in [0.717, 1.165) is 36.5 Å². The SMILES string of the molecule is CCOC(CCNCc1c(C)noc1C)OCC. The largest absolute Gasteiger partial charge is 0.361 e. The molecule has 1 aromatic heterocycles. The third kappa shape index (κ3) is 4.76. The third-order valence-electron chi connectivity index (χ3n) is 2.74. The van der Waals surface area contributed by atoms with Gasteiger partial charge in [-0.25, -0.2) is 0 Å². The monoisotopic (exact) mass is 256 g/mol. The van der Waals surface area contributed by atoms with Crippen LogP contribution in [0.5, 0.6) is 0 Å². The van der Waals surface area contributed by atoms with E-state index in [0.29, 0.717) is 13.2 Å². The lowest BCUT2D eigenvalue weighted by atomic mass is 10.2. The van der Waals surface area contributed by atoms with Gasteiger partial charge in [0.1, 0.15) is 5.76 Å². The highest BCUT2D eigenvalue weighted by atomic mass is 16.7. The molecule has 1 rings (SSSR count). The highest BCUT2D eigenvalue weighted by Crippen LogP contribution is 2.11. The van der Waals surface area contributed by atoms with Crippen molar-refractivity contribution < 1.29 is 14.0 Å². The number of hydrogen-bond donors (Lipinski definition) is 1. The summed E-state index contributed by atoms with van der Waals surface area (Å²) in [7, 11) is 0. The summed E-state index contributed by atoms with van der Waals surface area (Å²) in [5, 5.41) is 7.28. The molecule has 0 radical (unpaired) electrons. The molecule has 18 heavy (non-hydrogen) atoms. The highest BCUT2D eigenvalue weighted by molar-refractivity contribution is 5.20. The zero-order valence-electron chi connectivity index (χ0n) is 11.8. The highest BCUT2D eigenvalue weighted by Gasteiger charge is 2.10. The second-order valence-corrected chi connectivity index (χ2v) is 4.11. The average Bonchev–Trinajstić information content (AvgIpc) is 2.66. The zero-order valence-corrected chi connectivity index (χ0v) is 11.8. The van der Waals surface area contributed by atoms with Gasteiger partial charge >= 0.3 is 0 Å². The van der Waals surface area contributed by atoms with Crippen LogP contribution in [0.1, 0.15) is 37.3 Å². The Kier molecular flexibility index (Phi) is 6.93. The summed E-state index contributed by atoms with van der Waals surface area (Å²) in [4.78, 5) is 0. The first-order chi connectivity index (χ1) is 8.69.